The van der Waals surface area contributed by atoms with Crippen LogP contribution in [0.2, 0.25) is 10.0 Å². The van der Waals surface area contributed by atoms with Crippen molar-refractivity contribution >= 4 is 40.8 Å². The molecule has 0 atom stereocenters. The zero-order chi connectivity index (χ0) is 14.0. The summed E-state index contributed by atoms with van der Waals surface area (Å²) in [5.74, 6) is -0.857. The van der Waals surface area contributed by atoms with Gasteiger partial charge in [0.05, 0.1) is 16.6 Å². The molecule has 0 fully saturated rings. The lowest BCUT2D eigenvalue weighted by molar-refractivity contribution is -0.137. The van der Waals surface area contributed by atoms with Crippen LogP contribution >= 0.6 is 23.2 Å². The Labute approximate surface area is 118 Å². The number of nitriles is 1. The van der Waals surface area contributed by atoms with E-state index in [1.807, 2.05) is 0 Å². The molecule has 0 unspecified atom stereocenters. The highest BCUT2D eigenvalue weighted by molar-refractivity contribution is 6.42. The van der Waals surface area contributed by atoms with Crippen LogP contribution in [0.4, 0.5) is 5.69 Å². The number of guanidine groups is 1. The predicted octanol–water partition coefficient (Wildman–Crippen LogP) is 2.14. The minimum atomic E-state index is -1.03. The summed E-state index contributed by atoms with van der Waals surface area (Å²) in [5, 5.41) is 21.1. The van der Waals surface area contributed by atoms with Crippen molar-refractivity contribution in [3.63, 3.8) is 0 Å². The summed E-state index contributed by atoms with van der Waals surface area (Å²) in [6.45, 7) is -0.0790. The van der Waals surface area contributed by atoms with Gasteiger partial charge in [-0.25, -0.2) is 0 Å². The highest BCUT2D eigenvalue weighted by atomic mass is 35.5. The first-order chi connectivity index (χ1) is 9.02. The smallest absolute Gasteiger partial charge is 0.323 e. The molecule has 0 saturated carbocycles. The van der Waals surface area contributed by atoms with Gasteiger partial charge in [0.15, 0.2) is 0 Å². The lowest BCUT2D eigenvalue weighted by Gasteiger charge is -2.31. The number of aliphatic carboxylic acids is 1. The largest absolute Gasteiger partial charge is 0.480 e. The number of aliphatic imine (C=N–C) groups is 1. The fraction of sp³-hybridized carbons (Fsp3) is 0.182. The lowest BCUT2D eigenvalue weighted by atomic mass is 10.1. The van der Waals surface area contributed by atoms with Crippen LogP contribution in [0.25, 0.3) is 0 Å². The Kier molecular flexibility index (Phi) is 3.79. The van der Waals surface area contributed by atoms with Crippen LogP contribution in [-0.2, 0) is 11.3 Å². The van der Waals surface area contributed by atoms with Gasteiger partial charge in [0.1, 0.15) is 6.54 Å². The maximum absolute atomic E-state index is 10.8. The number of fused-ring (bicyclic) bond motifs is 1. The van der Waals surface area contributed by atoms with Crippen molar-refractivity contribution < 1.29 is 9.90 Å². The van der Waals surface area contributed by atoms with Gasteiger partial charge in [-0.1, -0.05) is 23.2 Å². The predicted molar refractivity (Wildman–Crippen MR) is 71.2 cm³/mol. The standard InChI is InChI=1S/C11H8Cl2N4O2/c12-7-1-2-8-6(10(7)13)3-17(4-9(18)19)11(16-8)15-5-14/h1-2H,3-4H2,(H,15,16)(H,18,19). The molecule has 6 nitrogen and oxygen atoms in total. The second-order valence-corrected chi connectivity index (χ2v) is 4.58. The number of carboxylic acid groups (broad SMARTS) is 1. The lowest BCUT2D eigenvalue weighted by Crippen LogP contribution is -2.42. The van der Waals surface area contributed by atoms with Crippen molar-refractivity contribution in [2.45, 2.75) is 6.54 Å². The Bertz CT molecular complexity index is 609. The van der Waals surface area contributed by atoms with Crippen LogP contribution in [0.1, 0.15) is 5.56 Å². The molecular formula is C11H8Cl2N4O2. The number of rotatable bonds is 2. The zero-order valence-corrected chi connectivity index (χ0v) is 11.0. The first-order valence-electron chi connectivity index (χ1n) is 5.20. The number of carbonyl (C=O) groups is 1. The molecule has 2 rings (SSSR count). The number of anilines is 1. The molecule has 0 radical (unpaired) electrons. The van der Waals surface area contributed by atoms with Crippen LogP contribution in [0.5, 0.6) is 0 Å². The maximum Gasteiger partial charge on any atom is 0.323 e. The third kappa shape index (κ3) is 2.72. The number of nitrogens with zero attached hydrogens (tertiary/aromatic N) is 3. The molecule has 0 amide bonds. The minimum absolute atomic E-state index is 0.177. The number of carboxylic acids is 1. The summed E-state index contributed by atoms with van der Waals surface area (Å²) in [6, 6.07) is 3.32. The van der Waals surface area contributed by atoms with E-state index < -0.39 is 5.97 Å². The first-order valence-corrected chi connectivity index (χ1v) is 5.96. The summed E-state index contributed by atoms with van der Waals surface area (Å²) < 4.78 is 0. The molecule has 1 aliphatic heterocycles. The van der Waals surface area contributed by atoms with Crippen molar-refractivity contribution in [1.82, 2.24) is 4.90 Å². The fourth-order valence-corrected chi connectivity index (χ4v) is 2.17. The first kappa shape index (κ1) is 13.5. The quantitative estimate of drug-likeness (QED) is 0.817. The number of nitrogens with one attached hydrogen (secondary N) is 1. The van der Waals surface area contributed by atoms with Gasteiger partial charge in [0.2, 0.25) is 12.2 Å². The molecule has 0 spiro atoms. The van der Waals surface area contributed by atoms with Gasteiger partial charge < -0.3 is 15.3 Å². The van der Waals surface area contributed by atoms with Gasteiger partial charge in [-0.15, -0.1) is 4.99 Å². The summed E-state index contributed by atoms with van der Waals surface area (Å²) in [6.07, 6.45) is 1.63. The van der Waals surface area contributed by atoms with E-state index in [0.717, 1.165) is 0 Å². The Morgan fingerprint density at radius 1 is 1.58 bits per heavy atom. The number of halogens is 2. The Balaban J connectivity index is 2.43. The van der Waals surface area contributed by atoms with Gasteiger partial charge in [-0.05, 0) is 12.1 Å². The van der Waals surface area contributed by atoms with Crippen molar-refractivity contribution in [2.24, 2.45) is 4.99 Å². The van der Waals surface area contributed by atoms with Gasteiger partial charge >= 0.3 is 5.97 Å². The van der Waals surface area contributed by atoms with Crippen molar-refractivity contribution in [1.29, 1.82) is 5.26 Å². The molecule has 1 heterocycles. The third-order valence-corrected chi connectivity index (χ3v) is 3.42. The van der Waals surface area contributed by atoms with E-state index in [1.54, 1.807) is 18.3 Å². The van der Waals surface area contributed by atoms with E-state index in [9.17, 15) is 4.79 Å². The summed E-state index contributed by atoms with van der Waals surface area (Å²) >= 11 is 12.0. The normalized spacial score (nSPS) is 15.6. The Morgan fingerprint density at radius 3 is 2.95 bits per heavy atom. The van der Waals surface area contributed by atoms with Crippen LogP contribution in [0.15, 0.2) is 17.1 Å². The average molecular weight is 299 g/mol. The van der Waals surface area contributed by atoms with Crippen molar-refractivity contribution in [3.05, 3.63) is 27.7 Å². The van der Waals surface area contributed by atoms with E-state index >= 15 is 0 Å². The van der Waals surface area contributed by atoms with E-state index in [4.69, 9.17) is 33.6 Å². The van der Waals surface area contributed by atoms with Crippen molar-refractivity contribution in [2.75, 3.05) is 11.9 Å². The van der Waals surface area contributed by atoms with Crippen LogP contribution in [-0.4, -0.2) is 28.5 Å². The number of benzene rings is 1. The van der Waals surface area contributed by atoms with Crippen LogP contribution in [0.3, 0.4) is 0 Å². The molecule has 19 heavy (non-hydrogen) atoms. The number of hydrogen-bond donors (Lipinski definition) is 2. The molecule has 1 aromatic carbocycles. The van der Waals surface area contributed by atoms with Gasteiger partial charge in [-0.2, -0.15) is 5.26 Å². The van der Waals surface area contributed by atoms with E-state index in [-0.39, 0.29) is 19.0 Å². The van der Waals surface area contributed by atoms with Crippen LogP contribution in [0, 0.1) is 11.5 Å². The van der Waals surface area contributed by atoms with E-state index in [1.165, 1.54) is 4.90 Å². The molecular weight excluding hydrogens is 291 g/mol. The maximum atomic E-state index is 10.8. The molecule has 2 N–H and O–H groups in total. The van der Waals surface area contributed by atoms with Gasteiger partial charge in [0, 0.05) is 11.3 Å². The Hall–Kier alpha value is -1.97. The molecule has 98 valence electrons. The van der Waals surface area contributed by atoms with E-state index in [0.29, 0.717) is 21.3 Å². The van der Waals surface area contributed by atoms with Gasteiger partial charge in [0.25, 0.3) is 0 Å². The summed E-state index contributed by atoms with van der Waals surface area (Å²) in [4.78, 5) is 15.8. The van der Waals surface area contributed by atoms with Crippen molar-refractivity contribution in [3.8, 4) is 6.19 Å². The second kappa shape index (κ2) is 5.34. The zero-order valence-electron chi connectivity index (χ0n) is 9.52. The highest BCUT2D eigenvalue weighted by Crippen LogP contribution is 2.34. The number of hydrogen-bond acceptors (Lipinski definition) is 3. The molecule has 8 heteroatoms. The summed E-state index contributed by atoms with van der Waals surface area (Å²) in [7, 11) is 0. The monoisotopic (exact) mass is 298 g/mol. The van der Waals surface area contributed by atoms with Crippen LogP contribution < -0.4 is 5.32 Å². The van der Waals surface area contributed by atoms with Gasteiger partial charge in [-0.3, -0.25) is 4.79 Å². The second-order valence-electron chi connectivity index (χ2n) is 3.80. The van der Waals surface area contributed by atoms with E-state index in [2.05, 4.69) is 10.3 Å². The molecule has 1 aromatic rings. The SMILES string of the molecule is N#C/N=C1/Nc2ccc(Cl)c(Cl)c2CN1CC(=O)O. The Morgan fingerprint density at radius 2 is 2.32 bits per heavy atom. The minimum Gasteiger partial charge on any atom is -0.480 e. The molecule has 0 saturated heterocycles. The fourth-order valence-electron chi connectivity index (χ4n) is 1.77. The summed E-state index contributed by atoms with van der Waals surface area (Å²) in [5.41, 5.74) is 1.33. The molecule has 0 aliphatic carbocycles. The molecule has 0 bridgehead atoms. The molecule has 0 aromatic heterocycles. The average Bonchev–Trinajstić information content (AvgIpc) is 2.35. The third-order valence-electron chi connectivity index (χ3n) is 2.57. The molecule has 1 aliphatic rings. The highest BCUT2D eigenvalue weighted by Gasteiger charge is 2.25. The topological polar surface area (TPSA) is 88.7 Å².